The van der Waals surface area contributed by atoms with Crippen molar-refractivity contribution in [3.63, 3.8) is 0 Å². The highest BCUT2D eigenvalue weighted by Gasteiger charge is 2.26. The van der Waals surface area contributed by atoms with Crippen molar-refractivity contribution in [1.29, 1.82) is 0 Å². The van der Waals surface area contributed by atoms with Crippen LogP contribution < -0.4 is 10.1 Å². The van der Waals surface area contributed by atoms with Crippen molar-refractivity contribution in [3.05, 3.63) is 28.8 Å². The lowest BCUT2D eigenvalue weighted by atomic mass is 9.84. The van der Waals surface area contributed by atoms with E-state index in [1.54, 1.807) is 7.11 Å². The Morgan fingerprint density at radius 1 is 1.21 bits per heavy atom. The topological polar surface area (TPSA) is 41.5 Å². The van der Waals surface area contributed by atoms with E-state index in [9.17, 15) is 5.11 Å². The van der Waals surface area contributed by atoms with Gasteiger partial charge in [-0.25, -0.2) is 0 Å². The minimum absolute atomic E-state index is 0.0965. The van der Waals surface area contributed by atoms with Gasteiger partial charge < -0.3 is 15.2 Å². The molecule has 0 aliphatic rings. The second-order valence-electron chi connectivity index (χ2n) is 5.54. The molecule has 0 saturated heterocycles. The summed E-state index contributed by atoms with van der Waals surface area (Å²) in [6.45, 7) is 8.63. The van der Waals surface area contributed by atoms with Gasteiger partial charge in [0.1, 0.15) is 5.75 Å². The monoisotopic (exact) mass is 265 g/mol. The predicted octanol–water partition coefficient (Wildman–Crippen LogP) is 2.84. The highest BCUT2D eigenvalue weighted by molar-refractivity contribution is 5.43. The molecule has 3 heteroatoms. The summed E-state index contributed by atoms with van der Waals surface area (Å²) < 4.78 is 5.52. The molecule has 0 aliphatic carbocycles. The number of hydrogen-bond donors (Lipinski definition) is 2. The maximum absolute atomic E-state index is 9.67. The number of nitrogens with one attached hydrogen (secondary N) is 1. The molecular formula is C16H27NO2. The van der Waals surface area contributed by atoms with Crippen LogP contribution in [0, 0.1) is 25.7 Å². The maximum atomic E-state index is 9.67. The average molecular weight is 265 g/mol. The standard InChI is InChI=1S/C16H27NO2/c1-10(2)14(9-18)16(17-5)13-7-11(3)12(4)8-15(13)19-6/h7-8,10,14,16-18H,9H2,1-6H3. The number of rotatable bonds is 6. The highest BCUT2D eigenvalue weighted by atomic mass is 16.5. The lowest BCUT2D eigenvalue weighted by Crippen LogP contribution is -2.31. The molecule has 2 atom stereocenters. The Morgan fingerprint density at radius 2 is 1.79 bits per heavy atom. The highest BCUT2D eigenvalue weighted by Crippen LogP contribution is 2.35. The Morgan fingerprint density at radius 3 is 2.21 bits per heavy atom. The summed E-state index contributed by atoms with van der Waals surface area (Å²) in [6, 6.07) is 4.34. The van der Waals surface area contributed by atoms with Gasteiger partial charge >= 0.3 is 0 Å². The van der Waals surface area contributed by atoms with Crippen LogP contribution in [0.3, 0.4) is 0 Å². The maximum Gasteiger partial charge on any atom is 0.123 e. The number of hydrogen-bond acceptors (Lipinski definition) is 3. The summed E-state index contributed by atoms with van der Waals surface area (Å²) in [5.41, 5.74) is 3.60. The van der Waals surface area contributed by atoms with Crippen molar-refractivity contribution >= 4 is 0 Å². The van der Waals surface area contributed by atoms with Crippen LogP contribution in [0.5, 0.6) is 5.75 Å². The first-order valence-electron chi connectivity index (χ1n) is 6.89. The van der Waals surface area contributed by atoms with Crippen molar-refractivity contribution < 1.29 is 9.84 Å². The molecular weight excluding hydrogens is 238 g/mol. The van der Waals surface area contributed by atoms with Crippen molar-refractivity contribution in [2.45, 2.75) is 33.7 Å². The van der Waals surface area contributed by atoms with E-state index < -0.39 is 0 Å². The summed E-state index contributed by atoms with van der Waals surface area (Å²) in [5, 5.41) is 13.0. The largest absolute Gasteiger partial charge is 0.496 e. The number of benzene rings is 1. The summed E-state index contributed by atoms with van der Waals surface area (Å²) in [7, 11) is 3.63. The van der Waals surface area contributed by atoms with Gasteiger partial charge in [-0.1, -0.05) is 19.9 Å². The molecule has 0 bridgehead atoms. The number of aliphatic hydroxyl groups is 1. The number of aryl methyl sites for hydroxylation is 2. The van der Waals surface area contributed by atoms with E-state index in [4.69, 9.17) is 4.74 Å². The predicted molar refractivity (Wildman–Crippen MR) is 79.7 cm³/mol. The zero-order chi connectivity index (χ0) is 14.6. The SMILES string of the molecule is CNC(c1cc(C)c(C)cc1OC)C(CO)C(C)C. The van der Waals surface area contributed by atoms with Gasteiger partial charge in [0.15, 0.2) is 0 Å². The Labute approximate surface area is 117 Å². The molecule has 0 radical (unpaired) electrons. The third kappa shape index (κ3) is 3.48. The minimum atomic E-state index is 0.0965. The van der Waals surface area contributed by atoms with Crippen LogP contribution >= 0.6 is 0 Å². The summed E-state index contributed by atoms with van der Waals surface area (Å²) in [5.74, 6) is 1.45. The lowest BCUT2D eigenvalue weighted by molar-refractivity contribution is 0.153. The molecule has 1 rings (SSSR count). The lowest BCUT2D eigenvalue weighted by Gasteiger charge is -2.30. The smallest absolute Gasteiger partial charge is 0.123 e. The fraction of sp³-hybridized carbons (Fsp3) is 0.625. The van der Waals surface area contributed by atoms with E-state index in [-0.39, 0.29) is 18.6 Å². The summed E-state index contributed by atoms with van der Waals surface area (Å²) in [4.78, 5) is 0. The van der Waals surface area contributed by atoms with Crippen LogP contribution in [0.1, 0.15) is 36.6 Å². The molecule has 1 aromatic rings. The van der Waals surface area contributed by atoms with Gasteiger partial charge in [0.2, 0.25) is 0 Å². The number of aliphatic hydroxyl groups excluding tert-OH is 1. The van der Waals surface area contributed by atoms with E-state index in [1.165, 1.54) is 11.1 Å². The molecule has 0 heterocycles. The molecule has 3 nitrogen and oxygen atoms in total. The summed E-state index contributed by atoms with van der Waals surface area (Å²) in [6.07, 6.45) is 0. The minimum Gasteiger partial charge on any atom is -0.496 e. The fourth-order valence-corrected chi connectivity index (χ4v) is 2.53. The van der Waals surface area contributed by atoms with E-state index in [0.29, 0.717) is 5.92 Å². The van der Waals surface area contributed by atoms with Gasteiger partial charge in [-0.3, -0.25) is 0 Å². The molecule has 0 aliphatic heterocycles. The van der Waals surface area contributed by atoms with Gasteiger partial charge in [-0.2, -0.15) is 0 Å². The molecule has 0 saturated carbocycles. The van der Waals surface area contributed by atoms with Gasteiger partial charge in [0, 0.05) is 24.1 Å². The average Bonchev–Trinajstić information content (AvgIpc) is 2.38. The molecule has 0 amide bonds. The summed E-state index contributed by atoms with van der Waals surface area (Å²) >= 11 is 0. The molecule has 2 unspecified atom stereocenters. The van der Waals surface area contributed by atoms with Gasteiger partial charge in [-0.05, 0) is 44.0 Å². The zero-order valence-corrected chi connectivity index (χ0v) is 12.9. The van der Waals surface area contributed by atoms with Crippen LogP contribution in [-0.4, -0.2) is 25.9 Å². The molecule has 108 valence electrons. The van der Waals surface area contributed by atoms with Gasteiger partial charge in [0.05, 0.1) is 7.11 Å². The van der Waals surface area contributed by atoms with Crippen LogP contribution in [0.4, 0.5) is 0 Å². The second kappa shape index (κ2) is 6.92. The first-order chi connectivity index (χ1) is 8.96. The van der Waals surface area contributed by atoms with Crippen LogP contribution in [0.15, 0.2) is 12.1 Å². The fourth-order valence-electron chi connectivity index (χ4n) is 2.53. The quantitative estimate of drug-likeness (QED) is 0.831. The third-order valence-corrected chi connectivity index (χ3v) is 3.99. The second-order valence-corrected chi connectivity index (χ2v) is 5.54. The first-order valence-corrected chi connectivity index (χ1v) is 6.89. The molecule has 0 aromatic heterocycles. The van der Waals surface area contributed by atoms with Crippen molar-refractivity contribution in [2.24, 2.45) is 11.8 Å². The molecule has 19 heavy (non-hydrogen) atoms. The van der Waals surface area contributed by atoms with Crippen molar-refractivity contribution in [2.75, 3.05) is 20.8 Å². The number of ether oxygens (including phenoxy) is 1. The van der Waals surface area contributed by atoms with E-state index >= 15 is 0 Å². The Kier molecular flexibility index (Phi) is 5.83. The molecule has 2 N–H and O–H groups in total. The van der Waals surface area contributed by atoms with Crippen LogP contribution in [0.25, 0.3) is 0 Å². The third-order valence-electron chi connectivity index (χ3n) is 3.99. The molecule has 1 aromatic carbocycles. The van der Waals surface area contributed by atoms with E-state index in [1.807, 2.05) is 7.05 Å². The van der Waals surface area contributed by atoms with Crippen molar-refractivity contribution in [1.82, 2.24) is 5.32 Å². The van der Waals surface area contributed by atoms with Crippen LogP contribution in [0.2, 0.25) is 0 Å². The first kappa shape index (κ1) is 16.0. The Hall–Kier alpha value is -1.06. The normalized spacial score (nSPS) is 14.5. The molecule has 0 fully saturated rings. The molecule has 0 spiro atoms. The number of methoxy groups -OCH3 is 1. The van der Waals surface area contributed by atoms with E-state index in [0.717, 1.165) is 11.3 Å². The van der Waals surface area contributed by atoms with Gasteiger partial charge in [-0.15, -0.1) is 0 Å². The van der Waals surface area contributed by atoms with Crippen LogP contribution in [-0.2, 0) is 0 Å². The van der Waals surface area contributed by atoms with E-state index in [2.05, 4.69) is 45.1 Å². The zero-order valence-electron chi connectivity index (χ0n) is 12.9. The van der Waals surface area contributed by atoms with Gasteiger partial charge in [0.25, 0.3) is 0 Å². The Bertz CT molecular complexity index is 415. The Balaban J connectivity index is 3.27. The van der Waals surface area contributed by atoms with Crippen molar-refractivity contribution in [3.8, 4) is 5.75 Å².